The van der Waals surface area contributed by atoms with E-state index in [1.54, 1.807) is 18.2 Å². The van der Waals surface area contributed by atoms with Crippen molar-refractivity contribution in [1.29, 1.82) is 5.26 Å². The second-order valence-electron chi connectivity index (χ2n) is 6.93. The normalized spacial score (nSPS) is 11.4. The Morgan fingerprint density at radius 2 is 1.94 bits per heavy atom. The molecule has 1 heterocycles. The summed E-state index contributed by atoms with van der Waals surface area (Å²) < 4.78 is 42.5. The maximum absolute atomic E-state index is 12.6. The Bertz CT molecular complexity index is 1510. The topological polar surface area (TPSA) is 158 Å². The molecule has 2 aromatic carbocycles. The highest BCUT2D eigenvalue weighted by molar-refractivity contribution is 7.90. The zero-order valence-electron chi connectivity index (χ0n) is 18.9. The Hall–Kier alpha value is -3.99. The van der Waals surface area contributed by atoms with Crippen molar-refractivity contribution in [1.82, 2.24) is 9.36 Å². The Labute approximate surface area is 215 Å². The third kappa shape index (κ3) is 6.36. The molecule has 0 atom stereocenters. The van der Waals surface area contributed by atoms with E-state index >= 15 is 0 Å². The number of esters is 1. The number of carbonyl (C=O) groups excluding carboxylic acids is 2. The lowest BCUT2D eigenvalue weighted by atomic mass is 10.1. The van der Waals surface area contributed by atoms with Crippen molar-refractivity contribution in [3.63, 3.8) is 0 Å². The molecule has 0 saturated carbocycles. The van der Waals surface area contributed by atoms with Crippen LogP contribution in [0.1, 0.15) is 15.9 Å². The molecule has 3 aromatic rings. The van der Waals surface area contributed by atoms with E-state index in [1.165, 1.54) is 44.6 Å². The molecule has 186 valence electrons. The van der Waals surface area contributed by atoms with Crippen LogP contribution in [0.15, 0.2) is 47.1 Å². The summed E-state index contributed by atoms with van der Waals surface area (Å²) in [4.78, 5) is 28.8. The van der Waals surface area contributed by atoms with Crippen molar-refractivity contribution >= 4 is 56.1 Å². The van der Waals surface area contributed by atoms with Crippen molar-refractivity contribution in [3.05, 3.63) is 58.1 Å². The molecule has 0 aliphatic rings. The van der Waals surface area contributed by atoms with Gasteiger partial charge in [-0.15, -0.1) is 0 Å². The number of rotatable bonds is 8. The first-order valence-electron chi connectivity index (χ1n) is 9.76. The number of ether oxygens (including phenoxy) is 3. The van der Waals surface area contributed by atoms with Crippen LogP contribution in [0.5, 0.6) is 17.2 Å². The van der Waals surface area contributed by atoms with Crippen LogP contribution in [-0.2, 0) is 14.6 Å². The van der Waals surface area contributed by atoms with Gasteiger partial charge in [-0.3, -0.25) is 10.1 Å². The maximum atomic E-state index is 12.6. The van der Waals surface area contributed by atoms with Gasteiger partial charge in [-0.05, 0) is 42.0 Å². The number of halogens is 1. The molecule has 0 saturated heterocycles. The van der Waals surface area contributed by atoms with Gasteiger partial charge in [0.25, 0.3) is 11.1 Å². The monoisotopic (exact) mass is 548 g/mol. The van der Waals surface area contributed by atoms with E-state index in [1.807, 2.05) is 0 Å². The quantitative estimate of drug-likeness (QED) is 0.191. The van der Waals surface area contributed by atoms with Gasteiger partial charge in [-0.2, -0.15) is 14.6 Å². The largest absolute Gasteiger partial charge is 0.497 e. The molecule has 0 spiro atoms. The van der Waals surface area contributed by atoms with Crippen LogP contribution in [0.3, 0.4) is 0 Å². The van der Waals surface area contributed by atoms with Crippen LogP contribution in [0.25, 0.3) is 6.08 Å². The highest BCUT2D eigenvalue weighted by Gasteiger charge is 2.20. The molecule has 1 amide bonds. The number of benzene rings is 2. The average Bonchev–Trinajstić information content (AvgIpc) is 3.32. The molecule has 11 nitrogen and oxygen atoms in total. The van der Waals surface area contributed by atoms with Gasteiger partial charge in [0.1, 0.15) is 17.4 Å². The molecule has 0 bridgehead atoms. The van der Waals surface area contributed by atoms with E-state index < -0.39 is 26.9 Å². The number of nitrogens with one attached hydrogen (secondary N) is 1. The molecule has 0 radical (unpaired) electrons. The lowest BCUT2D eigenvalue weighted by Crippen LogP contribution is -2.13. The summed E-state index contributed by atoms with van der Waals surface area (Å²) in [5, 5.41) is 11.2. The van der Waals surface area contributed by atoms with E-state index in [9.17, 15) is 23.3 Å². The summed E-state index contributed by atoms with van der Waals surface area (Å²) in [5.74, 6) is -1.08. The van der Waals surface area contributed by atoms with Crippen LogP contribution in [0.4, 0.5) is 5.13 Å². The van der Waals surface area contributed by atoms with E-state index in [4.69, 9.17) is 25.8 Å². The van der Waals surface area contributed by atoms with Crippen molar-refractivity contribution in [2.24, 2.45) is 0 Å². The number of hydrogen-bond acceptors (Lipinski definition) is 11. The van der Waals surface area contributed by atoms with Crippen molar-refractivity contribution in [2.75, 3.05) is 25.8 Å². The molecule has 1 aromatic heterocycles. The smallest absolute Gasteiger partial charge is 0.343 e. The van der Waals surface area contributed by atoms with Gasteiger partial charge in [0.2, 0.25) is 15.0 Å². The zero-order chi connectivity index (χ0) is 26.5. The number of methoxy groups -OCH3 is 2. The van der Waals surface area contributed by atoms with Gasteiger partial charge in [0.15, 0.2) is 11.5 Å². The van der Waals surface area contributed by atoms with Crippen molar-refractivity contribution in [3.8, 4) is 23.3 Å². The number of carbonyl (C=O) groups is 2. The summed E-state index contributed by atoms with van der Waals surface area (Å²) in [6.07, 6.45) is 2.14. The van der Waals surface area contributed by atoms with Gasteiger partial charge in [-0.1, -0.05) is 17.7 Å². The van der Waals surface area contributed by atoms with Crippen LogP contribution >= 0.6 is 23.1 Å². The van der Waals surface area contributed by atoms with Gasteiger partial charge in [0.05, 0.1) is 24.8 Å². The molecule has 0 aliphatic carbocycles. The minimum atomic E-state index is -3.65. The van der Waals surface area contributed by atoms with Crippen LogP contribution in [0, 0.1) is 11.3 Å². The molecule has 0 unspecified atom stereocenters. The summed E-state index contributed by atoms with van der Waals surface area (Å²) in [5.41, 5.74) is 0.166. The minimum absolute atomic E-state index is 0.0172. The number of amides is 1. The Balaban J connectivity index is 1.85. The van der Waals surface area contributed by atoms with Crippen LogP contribution < -0.4 is 19.5 Å². The number of nitriles is 1. The fourth-order valence-corrected chi connectivity index (χ4v) is 4.41. The Morgan fingerprint density at radius 1 is 1.19 bits per heavy atom. The van der Waals surface area contributed by atoms with Crippen LogP contribution in [-0.4, -0.2) is 50.1 Å². The standard InChI is InChI=1S/C22H17ClN4O7S2/c1-32-15-6-4-5-13(10-15)20(29)34-18-16(23)8-12(9-17(18)33-2)7-14(11-24)19(28)25-21-26-22(27-35-21)36(3,30)31/h4-10H,1-3H3,(H,25,26,27,28). The van der Waals surface area contributed by atoms with Gasteiger partial charge in [0, 0.05) is 17.8 Å². The number of sulfone groups is 1. The molecular formula is C22H17ClN4O7S2. The predicted molar refractivity (Wildman–Crippen MR) is 131 cm³/mol. The highest BCUT2D eigenvalue weighted by Crippen LogP contribution is 2.37. The highest BCUT2D eigenvalue weighted by atomic mass is 35.5. The first kappa shape index (κ1) is 26.6. The lowest BCUT2D eigenvalue weighted by molar-refractivity contribution is -0.112. The molecule has 1 N–H and O–H groups in total. The summed E-state index contributed by atoms with van der Waals surface area (Å²) in [7, 11) is -0.859. The van der Waals surface area contributed by atoms with Crippen molar-refractivity contribution < 1.29 is 32.2 Å². The predicted octanol–water partition coefficient (Wildman–Crippen LogP) is 3.38. The molecule has 14 heteroatoms. The first-order valence-corrected chi connectivity index (χ1v) is 12.8. The number of anilines is 1. The van der Waals surface area contributed by atoms with Crippen molar-refractivity contribution in [2.45, 2.75) is 5.16 Å². The zero-order valence-corrected chi connectivity index (χ0v) is 21.3. The summed E-state index contributed by atoms with van der Waals surface area (Å²) in [6, 6.07) is 10.9. The molecule has 0 fully saturated rings. The van der Waals surface area contributed by atoms with Crippen LogP contribution in [0.2, 0.25) is 5.02 Å². The molecule has 3 rings (SSSR count). The number of nitrogens with zero attached hydrogens (tertiary/aromatic N) is 3. The van der Waals surface area contributed by atoms with E-state index in [0.717, 1.165) is 6.26 Å². The second kappa shape index (κ2) is 11.2. The molecular weight excluding hydrogens is 532 g/mol. The average molecular weight is 549 g/mol. The SMILES string of the molecule is COc1cccc(C(=O)Oc2c(Cl)cc(C=C(C#N)C(=O)Nc3nc(S(C)(=O)=O)ns3)cc2OC)c1. The van der Waals surface area contributed by atoms with E-state index in [-0.39, 0.29) is 32.8 Å². The maximum Gasteiger partial charge on any atom is 0.343 e. The molecule has 0 aliphatic heterocycles. The Morgan fingerprint density at radius 3 is 2.56 bits per heavy atom. The third-order valence-electron chi connectivity index (χ3n) is 4.39. The fraction of sp³-hybridized carbons (Fsp3) is 0.136. The summed E-state index contributed by atoms with van der Waals surface area (Å²) >= 11 is 6.97. The number of hydrogen-bond donors (Lipinski definition) is 1. The van der Waals surface area contributed by atoms with E-state index in [0.29, 0.717) is 22.8 Å². The Kier molecular flexibility index (Phi) is 8.25. The lowest BCUT2D eigenvalue weighted by Gasteiger charge is -2.12. The second-order valence-corrected chi connectivity index (χ2v) is 10.0. The third-order valence-corrected chi connectivity index (χ3v) is 6.26. The van der Waals surface area contributed by atoms with Gasteiger partial charge < -0.3 is 14.2 Å². The van der Waals surface area contributed by atoms with Gasteiger partial charge >= 0.3 is 5.97 Å². The first-order chi connectivity index (χ1) is 17.0. The van der Waals surface area contributed by atoms with E-state index in [2.05, 4.69) is 14.7 Å². The fourth-order valence-electron chi connectivity index (χ4n) is 2.71. The minimum Gasteiger partial charge on any atom is -0.497 e. The summed E-state index contributed by atoms with van der Waals surface area (Å²) in [6.45, 7) is 0. The van der Waals surface area contributed by atoms with Gasteiger partial charge in [-0.25, -0.2) is 13.2 Å². The molecule has 36 heavy (non-hydrogen) atoms. The number of aromatic nitrogens is 2.